The van der Waals surface area contributed by atoms with Crippen LogP contribution in [0.15, 0.2) is 24.3 Å². The lowest BCUT2D eigenvalue weighted by Gasteiger charge is -2.22. The van der Waals surface area contributed by atoms with Crippen LogP contribution in [0, 0.1) is 5.92 Å². The van der Waals surface area contributed by atoms with Crippen molar-refractivity contribution < 1.29 is 0 Å². The molecule has 3 nitrogen and oxygen atoms in total. The predicted octanol–water partition coefficient (Wildman–Crippen LogP) is 3.07. The van der Waals surface area contributed by atoms with Gasteiger partial charge in [0, 0.05) is 18.3 Å². The number of hydrogen-bond donors (Lipinski definition) is 2. The van der Waals surface area contributed by atoms with E-state index in [2.05, 4.69) is 48.3 Å². The molecule has 2 unspecified atom stereocenters. The Bertz CT molecular complexity index is 401. The second kappa shape index (κ2) is 7.65. The number of nitrogens with zero attached hydrogens (tertiary/aromatic N) is 1. The van der Waals surface area contributed by atoms with Crippen LogP contribution in [0.5, 0.6) is 0 Å². The Morgan fingerprint density at radius 1 is 1.25 bits per heavy atom. The number of anilines is 1. The Hall–Kier alpha value is -1.06. The SMILES string of the molecule is CCN(CC)Cc1cccc(NC2CCCC2CN)c1. The van der Waals surface area contributed by atoms with Crippen LogP contribution >= 0.6 is 0 Å². The third-order valence-electron chi connectivity index (χ3n) is 4.54. The molecule has 112 valence electrons. The van der Waals surface area contributed by atoms with Crippen molar-refractivity contribution >= 4 is 5.69 Å². The van der Waals surface area contributed by atoms with Gasteiger partial charge in [-0.1, -0.05) is 32.4 Å². The van der Waals surface area contributed by atoms with Crippen molar-refractivity contribution in [2.24, 2.45) is 11.7 Å². The van der Waals surface area contributed by atoms with E-state index in [1.165, 1.54) is 30.5 Å². The highest BCUT2D eigenvalue weighted by Crippen LogP contribution is 2.28. The van der Waals surface area contributed by atoms with Gasteiger partial charge in [0.2, 0.25) is 0 Å². The number of rotatable bonds is 7. The Morgan fingerprint density at radius 3 is 2.75 bits per heavy atom. The largest absolute Gasteiger partial charge is 0.382 e. The Morgan fingerprint density at radius 2 is 2.05 bits per heavy atom. The Kier molecular flexibility index (Phi) is 5.86. The van der Waals surface area contributed by atoms with E-state index in [9.17, 15) is 0 Å². The fourth-order valence-corrected chi connectivity index (χ4v) is 3.19. The third-order valence-corrected chi connectivity index (χ3v) is 4.54. The zero-order valence-corrected chi connectivity index (χ0v) is 12.9. The summed E-state index contributed by atoms with van der Waals surface area (Å²) in [5.41, 5.74) is 8.50. The van der Waals surface area contributed by atoms with Gasteiger partial charge in [0.25, 0.3) is 0 Å². The van der Waals surface area contributed by atoms with Crippen LogP contribution < -0.4 is 11.1 Å². The van der Waals surface area contributed by atoms with E-state index in [0.717, 1.165) is 26.2 Å². The lowest BCUT2D eigenvalue weighted by Crippen LogP contribution is -2.29. The average molecular weight is 275 g/mol. The maximum absolute atomic E-state index is 5.86. The van der Waals surface area contributed by atoms with Crippen molar-refractivity contribution in [1.82, 2.24) is 4.90 Å². The van der Waals surface area contributed by atoms with Crippen molar-refractivity contribution in [1.29, 1.82) is 0 Å². The summed E-state index contributed by atoms with van der Waals surface area (Å²) in [6, 6.07) is 9.41. The summed E-state index contributed by atoms with van der Waals surface area (Å²) in [6.45, 7) is 8.48. The van der Waals surface area contributed by atoms with E-state index in [0.29, 0.717) is 12.0 Å². The molecular weight excluding hydrogens is 246 g/mol. The van der Waals surface area contributed by atoms with Crippen LogP contribution in [-0.4, -0.2) is 30.6 Å². The number of nitrogens with one attached hydrogen (secondary N) is 1. The molecule has 3 N–H and O–H groups in total. The molecule has 1 saturated carbocycles. The van der Waals surface area contributed by atoms with Crippen LogP contribution in [0.3, 0.4) is 0 Å². The summed E-state index contributed by atoms with van der Waals surface area (Å²) in [5, 5.41) is 3.69. The molecule has 2 rings (SSSR count). The van der Waals surface area contributed by atoms with E-state index in [4.69, 9.17) is 5.73 Å². The fourth-order valence-electron chi connectivity index (χ4n) is 3.19. The lowest BCUT2D eigenvalue weighted by molar-refractivity contribution is 0.296. The van der Waals surface area contributed by atoms with Crippen LogP contribution in [0.2, 0.25) is 0 Å². The molecule has 0 aromatic heterocycles. The minimum Gasteiger partial charge on any atom is -0.382 e. The Balaban J connectivity index is 1.98. The van der Waals surface area contributed by atoms with Crippen molar-refractivity contribution in [2.75, 3.05) is 25.0 Å². The molecule has 20 heavy (non-hydrogen) atoms. The van der Waals surface area contributed by atoms with Gasteiger partial charge in [-0.3, -0.25) is 4.90 Å². The average Bonchev–Trinajstić information content (AvgIpc) is 2.92. The quantitative estimate of drug-likeness (QED) is 0.803. The first-order chi connectivity index (χ1) is 9.76. The second-order valence-corrected chi connectivity index (χ2v) is 5.84. The molecule has 1 aliphatic carbocycles. The zero-order valence-electron chi connectivity index (χ0n) is 12.9. The van der Waals surface area contributed by atoms with Gasteiger partial charge in [0.15, 0.2) is 0 Å². The molecular formula is C17H29N3. The summed E-state index contributed by atoms with van der Waals surface area (Å²) < 4.78 is 0. The first-order valence-corrected chi connectivity index (χ1v) is 8.04. The molecule has 2 atom stereocenters. The monoisotopic (exact) mass is 275 g/mol. The van der Waals surface area contributed by atoms with Crippen molar-refractivity contribution in [3.05, 3.63) is 29.8 Å². The molecule has 0 saturated heterocycles. The molecule has 0 radical (unpaired) electrons. The molecule has 3 heteroatoms. The molecule has 0 spiro atoms. The molecule has 1 aliphatic rings. The van der Waals surface area contributed by atoms with Gasteiger partial charge in [-0.25, -0.2) is 0 Å². The third kappa shape index (κ3) is 3.97. The highest BCUT2D eigenvalue weighted by Gasteiger charge is 2.25. The molecule has 0 bridgehead atoms. The second-order valence-electron chi connectivity index (χ2n) is 5.84. The molecule has 0 heterocycles. The summed E-state index contributed by atoms with van der Waals surface area (Å²) in [4.78, 5) is 2.44. The van der Waals surface area contributed by atoms with Crippen LogP contribution in [0.25, 0.3) is 0 Å². The highest BCUT2D eigenvalue weighted by molar-refractivity contribution is 5.46. The minimum absolute atomic E-state index is 0.559. The van der Waals surface area contributed by atoms with Gasteiger partial charge < -0.3 is 11.1 Å². The smallest absolute Gasteiger partial charge is 0.0345 e. The first kappa shape index (κ1) is 15.3. The lowest BCUT2D eigenvalue weighted by atomic mass is 10.0. The summed E-state index contributed by atoms with van der Waals surface area (Å²) in [5.74, 6) is 0.640. The van der Waals surface area contributed by atoms with Gasteiger partial charge in [0.05, 0.1) is 0 Å². The van der Waals surface area contributed by atoms with E-state index >= 15 is 0 Å². The van der Waals surface area contributed by atoms with Gasteiger partial charge >= 0.3 is 0 Å². The van der Waals surface area contributed by atoms with Gasteiger partial charge in [0.1, 0.15) is 0 Å². The fraction of sp³-hybridized carbons (Fsp3) is 0.647. The van der Waals surface area contributed by atoms with E-state index in [-0.39, 0.29) is 0 Å². The zero-order chi connectivity index (χ0) is 14.4. The van der Waals surface area contributed by atoms with Crippen molar-refractivity contribution in [2.45, 2.75) is 45.7 Å². The van der Waals surface area contributed by atoms with Gasteiger partial charge in [-0.05, 0) is 56.1 Å². The maximum Gasteiger partial charge on any atom is 0.0345 e. The summed E-state index contributed by atoms with van der Waals surface area (Å²) >= 11 is 0. The van der Waals surface area contributed by atoms with Gasteiger partial charge in [-0.2, -0.15) is 0 Å². The van der Waals surface area contributed by atoms with Crippen molar-refractivity contribution in [3.8, 4) is 0 Å². The van der Waals surface area contributed by atoms with E-state index in [1.54, 1.807) is 0 Å². The van der Waals surface area contributed by atoms with Crippen LogP contribution in [0.4, 0.5) is 5.69 Å². The van der Waals surface area contributed by atoms with Gasteiger partial charge in [-0.15, -0.1) is 0 Å². The number of benzene rings is 1. The summed E-state index contributed by atoms with van der Waals surface area (Å²) in [6.07, 6.45) is 3.83. The van der Waals surface area contributed by atoms with E-state index < -0.39 is 0 Å². The predicted molar refractivity (Wildman–Crippen MR) is 86.9 cm³/mol. The normalized spacial score (nSPS) is 22.4. The molecule has 1 aromatic carbocycles. The minimum atomic E-state index is 0.559. The highest BCUT2D eigenvalue weighted by atomic mass is 15.1. The number of nitrogens with two attached hydrogens (primary N) is 1. The summed E-state index contributed by atoms with van der Waals surface area (Å²) in [7, 11) is 0. The molecule has 0 aliphatic heterocycles. The van der Waals surface area contributed by atoms with E-state index in [1.807, 2.05) is 0 Å². The molecule has 1 aromatic rings. The number of hydrogen-bond acceptors (Lipinski definition) is 3. The topological polar surface area (TPSA) is 41.3 Å². The van der Waals surface area contributed by atoms with Crippen LogP contribution in [0.1, 0.15) is 38.7 Å². The maximum atomic E-state index is 5.86. The molecule has 0 amide bonds. The van der Waals surface area contributed by atoms with Crippen LogP contribution in [-0.2, 0) is 6.54 Å². The molecule has 1 fully saturated rings. The first-order valence-electron chi connectivity index (χ1n) is 8.04. The van der Waals surface area contributed by atoms with Crippen molar-refractivity contribution in [3.63, 3.8) is 0 Å². The Labute approximate surface area is 123 Å². The standard InChI is InChI=1S/C17H29N3/c1-3-20(4-2)13-14-7-5-9-16(11-14)19-17-10-6-8-15(17)12-18/h5,7,9,11,15,17,19H,3-4,6,8,10,12-13,18H2,1-2H3.